The van der Waals surface area contributed by atoms with Crippen LogP contribution in [0.4, 0.5) is 0 Å². The molecule has 0 unspecified atom stereocenters. The largest absolute Gasteiger partial charge is 0.481 e. The minimum absolute atomic E-state index is 0.00944. The van der Waals surface area contributed by atoms with E-state index in [0.717, 1.165) is 0 Å². The maximum Gasteiger partial charge on any atom is 0.308 e. The van der Waals surface area contributed by atoms with Gasteiger partial charge in [-0.2, -0.15) is 0 Å². The van der Waals surface area contributed by atoms with Crippen LogP contribution in [0.15, 0.2) is 0 Å². The predicted octanol–water partition coefficient (Wildman–Crippen LogP) is -0.487. The second-order valence-electron chi connectivity index (χ2n) is 3.95. The van der Waals surface area contributed by atoms with E-state index in [1.54, 1.807) is 6.92 Å². The number of aliphatic carboxylic acids is 1. The summed E-state index contributed by atoms with van der Waals surface area (Å²) >= 11 is 0. The van der Waals surface area contributed by atoms with Crippen LogP contribution in [0, 0.1) is 11.8 Å². The van der Waals surface area contributed by atoms with Crippen molar-refractivity contribution in [3.05, 3.63) is 0 Å². The highest BCUT2D eigenvalue weighted by atomic mass is 16.4. The lowest BCUT2D eigenvalue weighted by Gasteiger charge is -2.17. The number of nitrogens with zero attached hydrogens (tertiary/aromatic N) is 1. The lowest BCUT2D eigenvalue weighted by atomic mass is 9.99. The van der Waals surface area contributed by atoms with E-state index in [-0.39, 0.29) is 18.4 Å². The van der Waals surface area contributed by atoms with Gasteiger partial charge in [-0.25, -0.2) is 0 Å². The summed E-state index contributed by atoms with van der Waals surface area (Å²) in [5.41, 5.74) is 5.44. The van der Waals surface area contributed by atoms with Gasteiger partial charge in [0.1, 0.15) is 0 Å². The molecule has 1 aliphatic heterocycles. The third-order valence-corrected chi connectivity index (χ3v) is 2.63. The van der Waals surface area contributed by atoms with Gasteiger partial charge in [-0.05, 0) is 12.8 Å². The Morgan fingerprint density at radius 1 is 1.50 bits per heavy atom. The Labute approximate surface area is 82.9 Å². The highest BCUT2D eigenvalue weighted by Gasteiger charge is 2.37. The summed E-state index contributed by atoms with van der Waals surface area (Å²) in [5, 5.41) is 8.85. The normalized spacial score (nSPS) is 28.9. The van der Waals surface area contributed by atoms with Crippen LogP contribution >= 0.6 is 0 Å². The molecule has 5 heteroatoms. The average molecular weight is 200 g/mol. The molecular formula is C9H16N2O3. The number of amides is 1. The Morgan fingerprint density at radius 2 is 2.07 bits per heavy atom. The molecule has 0 spiro atoms. The zero-order chi connectivity index (χ0) is 10.9. The average Bonchev–Trinajstić information content (AvgIpc) is 2.45. The number of hydrogen-bond donors (Lipinski definition) is 2. The third-order valence-electron chi connectivity index (χ3n) is 2.63. The van der Waals surface area contributed by atoms with Gasteiger partial charge in [0.25, 0.3) is 0 Å². The standard InChI is InChI=1S/C9H16N2O3/c1-5-3-11(8(12)6(2)10)4-7(5)9(13)14/h5-7H,3-4,10H2,1-2H3,(H,13,14)/t5-,6+,7-/m1/s1. The molecule has 1 heterocycles. The second kappa shape index (κ2) is 3.96. The van der Waals surface area contributed by atoms with Crippen molar-refractivity contribution in [3.63, 3.8) is 0 Å². The molecule has 1 amide bonds. The third kappa shape index (κ3) is 2.04. The fraction of sp³-hybridized carbons (Fsp3) is 0.778. The number of carboxylic acid groups (broad SMARTS) is 1. The molecule has 1 rings (SSSR count). The van der Waals surface area contributed by atoms with E-state index < -0.39 is 17.9 Å². The fourth-order valence-electron chi connectivity index (χ4n) is 1.76. The van der Waals surface area contributed by atoms with Gasteiger partial charge in [0.15, 0.2) is 0 Å². The van der Waals surface area contributed by atoms with Crippen LogP contribution in [0.1, 0.15) is 13.8 Å². The van der Waals surface area contributed by atoms with Gasteiger partial charge < -0.3 is 15.7 Å². The molecule has 0 radical (unpaired) electrons. The number of carbonyl (C=O) groups is 2. The van der Waals surface area contributed by atoms with Gasteiger partial charge in [-0.1, -0.05) is 6.92 Å². The molecule has 0 bridgehead atoms. The minimum atomic E-state index is -0.836. The number of nitrogens with two attached hydrogens (primary N) is 1. The van der Waals surface area contributed by atoms with E-state index in [2.05, 4.69) is 0 Å². The molecule has 3 N–H and O–H groups in total. The maximum atomic E-state index is 11.5. The lowest BCUT2D eigenvalue weighted by Crippen LogP contribution is -2.41. The highest BCUT2D eigenvalue weighted by molar-refractivity contribution is 5.82. The first-order chi connectivity index (χ1) is 6.43. The molecule has 0 aromatic rings. The molecule has 80 valence electrons. The number of hydrogen-bond acceptors (Lipinski definition) is 3. The molecule has 0 saturated carbocycles. The fourth-order valence-corrected chi connectivity index (χ4v) is 1.76. The van der Waals surface area contributed by atoms with Crippen molar-refractivity contribution in [1.29, 1.82) is 0 Å². The molecule has 14 heavy (non-hydrogen) atoms. The quantitative estimate of drug-likeness (QED) is 0.630. The minimum Gasteiger partial charge on any atom is -0.481 e. The van der Waals surface area contributed by atoms with Crippen molar-refractivity contribution in [2.45, 2.75) is 19.9 Å². The second-order valence-corrected chi connectivity index (χ2v) is 3.95. The molecule has 3 atom stereocenters. The summed E-state index contributed by atoms with van der Waals surface area (Å²) < 4.78 is 0. The number of likely N-dealkylation sites (tertiary alicyclic amines) is 1. The smallest absolute Gasteiger partial charge is 0.308 e. The molecule has 0 aromatic heterocycles. The SMILES string of the molecule is C[C@H](N)C(=O)N1C[C@@H](C)[C@H](C(=O)O)C1. The number of carboxylic acids is 1. The lowest BCUT2D eigenvalue weighted by molar-refractivity contribution is -0.142. The summed E-state index contributed by atoms with van der Waals surface area (Å²) in [4.78, 5) is 23.8. The summed E-state index contributed by atoms with van der Waals surface area (Å²) in [6, 6.07) is -0.547. The first-order valence-corrected chi connectivity index (χ1v) is 4.70. The van der Waals surface area contributed by atoms with E-state index >= 15 is 0 Å². The highest BCUT2D eigenvalue weighted by Crippen LogP contribution is 2.23. The summed E-state index contributed by atoms with van der Waals surface area (Å²) in [7, 11) is 0. The molecule has 1 fully saturated rings. The molecular weight excluding hydrogens is 184 g/mol. The van der Waals surface area contributed by atoms with E-state index in [1.807, 2.05) is 6.92 Å². The Bertz CT molecular complexity index is 252. The molecule has 1 saturated heterocycles. The molecule has 5 nitrogen and oxygen atoms in total. The Hall–Kier alpha value is -1.10. The summed E-state index contributed by atoms with van der Waals surface area (Å²) in [5.74, 6) is -1.44. The van der Waals surface area contributed by atoms with Crippen LogP contribution in [0.2, 0.25) is 0 Å². The predicted molar refractivity (Wildman–Crippen MR) is 50.5 cm³/mol. The summed E-state index contributed by atoms with van der Waals surface area (Å²) in [6.45, 7) is 4.24. The van der Waals surface area contributed by atoms with Crippen molar-refractivity contribution in [3.8, 4) is 0 Å². The van der Waals surface area contributed by atoms with Gasteiger partial charge in [0.05, 0.1) is 12.0 Å². The molecule has 0 aliphatic carbocycles. The van der Waals surface area contributed by atoms with Crippen LogP contribution in [0.5, 0.6) is 0 Å². The maximum absolute atomic E-state index is 11.5. The first kappa shape index (κ1) is 11.0. The van der Waals surface area contributed by atoms with Crippen LogP contribution in [0.3, 0.4) is 0 Å². The zero-order valence-electron chi connectivity index (χ0n) is 8.43. The first-order valence-electron chi connectivity index (χ1n) is 4.70. The van der Waals surface area contributed by atoms with Crippen LogP contribution in [-0.4, -0.2) is 41.0 Å². The van der Waals surface area contributed by atoms with E-state index in [9.17, 15) is 9.59 Å². The van der Waals surface area contributed by atoms with Crippen molar-refractivity contribution < 1.29 is 14.7 Å². The van der Waals surface area contributed by atoms with Gasteiger partial charge >= 0.3 is 5.97 Å². The van der Waals surface area contributed by atoms with Crippen LogP contribution < -0.4 is 5.73 Å². The summed E-state index contributed by atoms with van der Waals surface area (Å²) in [6.07, 6.45) is 0. The van der Waals surface area contributed by atoms with Crippen molar-refractivity contribution in [2.24, 2.45) is 17.6 Å². The van der Waals surface area contributed by atoms with E-state index in [4.69, 9.17) is 10.8 Å². The Kier molecular flexibility index (Phi) is 3.10. The van der Waals surface area contributed by atoms with Gasteiger partial charge in [-0.15, -0.1) is 0 Å². The number of rotatable bonds is 2. The molecule has 1 aliphatic rings. The Balaban J connectivity index is 2.63. The van der Waals surface area contributed by atoms with Gasteiger partial charge in [0, 0.05) is 13.1 Å². The molecule has 0 aromatic carbocycles. The Morgan fingerprint density at radius 3 is 2.43 bits per heavy atom. The van der Waals surface area contributed by atoms with Crippen LogP contribution in [-0.2, 0) is 9.59 Å². The topological polar surface area (TPSA) is 83.6 Å². The van der Waals surface area contributed by atoms with E-state index in [0.29, 0.717) is 6.54 Å². The van der Waals surface area contributed by atoms with Gasteiger partial charge in [-0.3, -0.25) is 9.59 Å². The monoisotopic (exact) mass is 200 g/mol. The van der Waals surface area contributed by atoms with Crippen LogP contribution in [0.25, 0.3) is 0 Å². The number of carbonyl (C=O) groups excluding carboxylic acids is 1. The van der Waals surface area contributed by atoms with Crippen molar-refractivity contribution >= 4 is 11.9 Å². The van der Waals surface area contributed by atoms with Crippen molar-refractivity contribution in [2.75, 3.05) is 13.1 Å². The van der Waals surface area contributed by atoms with E-state index in [1.165, 1.54) is 4.90 Å². The van der Waals surface area contributed by atoms with Gasteiger partial charge in [0.2, 0.25) is 5.91 Å². The van der Waals surface area contributed by atoms with Crippen molar-refractivity contribution in [1.82, 2.24) is 4.90 Å². The zero-order valence-corrected chi connectivity index (χ0v) is 8.43.